The fourth-order valence-electron chi connectivity index (χ4n) is 2.57. The molecule has 1 unspecified atom stereocenters. The first kappa shape index (κ1) is 14.4. The Bertz CT molecular complexity index is 787. The highest BCUT2D eigenvalue weighted by Crippen LogP contribution is 2.29. The average molecular weight is 326 g/mol. The van der Waals surface area contributed by atoms with Gasteiger partial charge in [-0.2, -0.15) is 13.1 Å². The highest BCUT2D eigenvalue weighted by atomic mass is 32.2. The van der Waals surface area contributed by atoms with Crippen molar-refractivity contribution in [3.8, 4) is 0 Å². The molecule has 1 aliphatic rings. The number of sulfonamides is 1. The molecule has 1 saturated heterocycles. The molecule has 3 rings (SSSR count). The van der Waals surface area contributed by atoms with Crippen molar-refractivity contribution in [1.29, 1.82) is 0 Å². The predicted molar refractivity (Wildman–Crippen MR) is 78.4 cm³/mol. The molecule has 1 aliphatic heterocycles. The molecule has 2 heterocycles. The third-order valence-electron chi connectivity index (χ3n) is 3.59. The fourth-order valence-corrected chi connectivity index (χ4v) is 4.98. The maximum atomic E-state index is 12.9. The minimum absolute atomic E-state index is 0.115. The lowest BCUT2D eigenvalue weighted by Crippen LogP contribution is -2.44. The molecule has 1 N–H and O–H groups in total. The van der Waals surface area contributed by atoms with E-state index in [0.717, 1.165) is 11.7 Å². The van der Waals surface area contributed by atoms with Gasteiger partial charge in [0.05, 0.1) is 11.7 Å². The highest BCUT2D eigenvalue weighted by Gasteiger charge is 2.40. The van der Waals surface area contributed by atoms with Crippen molar-refractivity contribution in [3.63, 3.8) is 0 Å². The van der Waals surface area contributed by atoms with Crippen LogP contribution < -0.4 is 5.32 Å². The molecule has 0 radical (unpaired) electrons. The first-order chi connectivity index (χ1) is 10.1. The van der Waals surface area contributed by atoms with Crippen LogP contribution in [0, 0.1) is 0 Å². The summed E-state index contributed by atoms with van der Waals surface area (Å²) >= 11 is 0.975. The Labute approximate surface area is 126 Å². The van der Waals surface area contributed by atoms with Crippen LogP contribution in [0.1, 0.15) is 12.8 Å². The van der Waals surface area contributed by atoms with Crippen LogP contribution in [0.25, 0.3) is 11.0 Å². The van der Waals surface area contributed by atoms with Crippen molar-refractivity contribution >= 4 is 38.7 Å². The largest absolute Gasteiger partial charge is 0.358 e. The summed E-state index contributed by atoms with van der Waals surface area (Å²) in [7, 11) is -2.25. The fraction of sp³-hybridized carbons (Fsp3) is 0.417. The lowest BCUT2D eigenvalue weighted by Gasteiger charge is -2.22. The quantitative estimate of drug-likeness (QED) is 0.891. The zero-order valence-electron chi connectivity index (χ0n) is 11.3. The number of nitrogens with zero attached hydrogens (tertiary/aromatic N) is 3. The van der Waals surface area contributed by atoms with E-state index < -0.39 is 16.1 Å². The second kappa shape index (κ2) is 5.32. The van der Waals surface area contributed by atoms with E-state index in [2.05, 4.69) is 14.1 Å². The molecule has 1 atom stereocenters. The lowest BCUT2D eigenvalue weighted by atomic mass is 10.2. The summed E-state index contributed by atoms with van der Waals surface area (Å²) < 4.78 is 35.1. The number of amides is 1. The van der Waals surface area contributed by atoms with Crippen molar-refractivity contribution < 1.29 is 13.2 Å². The predicted octanol–water partition coefficient (Wildman–Crippen LogP) is 0.590. The minimum atomic E-state index is -3.76. The molecular formula is C12H14N4O3S2. The van der Waals surface area contributed by atoms with Crippen LogP contribution in [-0.2, 0) is 14.8 Å². The summed E-state index contributed by atoms with van der Waals surface area (Å²) in [6, 6.07) is 4.22. The van der Waals surface area contributed by atoms with E-state index >= 15 is 0 Å². The summed E-state index contributed by atoms with van der Waals surface area (Å²) in [5, 5.41) is 2.52. The minimum Gasteiger partial charge on any atom is -0.358 e. The van der Waals surface area contributed by atoms with Gasteiger partial charge in [0.15, 0.2) is 0 Å². The topological polar surface area (TPSA) is 92.3 Å². The third kappa shape index (κ3) is 2.30. The highest BCUT2D eigenvalue weighted by molar-refractivity contribution is 7.89. The van der Waals surface area contributed by atoms with Crippen LogP contribution in [0.15, 0.2) is 23.1 Å². The maximum absolute atomic E-state index is 12.9. The monoisotopic (exact) mass is 326 g/mol. The second-order valence-electron chi connectivity index (χ2n) is 4.78. The second-order valence-corrected chi connectivity index (χ2v) is 7.16. The van der Waals surface area contributed by atoms with Gasteiger partial charge in [0, 0.05) is 13.6 Å². The first-order valence-electron chi connectivity index (χ1n) is 6.50. The Balaban J connectivity index is 2.08. The van der Waals surface area contributed by atoms with Gasteiger partial charge in [0.25, 0.3) is 0 Å². The van der Waals surface area contributed by atoms with Crippen molar-refractivity contribution in [2.24, 2.45) is 0 Å². The Morgan fingerprint density at radius 3 is 3.00 bits per heavy atom. The Hall–Kier alpha value is -1.58. The summed E-state index contributed by atoms with van der Waals surface area (Å²) in [5.41, 5.74) is 0.918. The van der Waals surface area contributed by atoms with E-state index in [9.17, 15) is 13.2 Å². The number of fused-ring (bicyclic) bond motifs is 1. The van der Waals surface area contributed by atoms with Crippen LogP contribution in [0.2, 0.25) is 0 Å². The molecular weight excluding hydrogens is 312 g/mol. The molecule has 1 aromatic heterocycles. The number of hydrogen-bond donors (Lipinski definition) is 1. The molecule has 0 spiro atoms. The molecule has 1 fully saturated rings. The van der Waals surface area contributed by atoms with E-state index in [1.807, 2.05) is 0 Å². The van der Waals surface area contributed by atoms with Crippen molar-refractivity contribution in [2.75, 3.05) is 13.6 Å². The summed E-state index contributed by atoms with van der Waals surface area (Å²) in [4.78, 5) is 12.0. The molecule has 112 valence electrons. The van der Waals surface area contributed by atoms with Crippen LogP contribution >= 0.6 is 11.7 Å². The first-order valence-corrected chi connectivity index (χ1v) is 8.67. The molecule has 1 aromatic carbocycles. The van der Waals surface area contributed by atoms with Crippen LogP contribution in [-0.4, -0.2) is 47.0 Å². The zero-order valence-corrected chi connectivity index (χ0v) is 12.9. The van der Waals surface area contributed by atoms with Gasteiger partial charge in [-0.3, -0.25) is 4.79 Å². The van der Waals surface area contributed by atoms with E-state index in [-0.39, 0.29) is 10.8 Å². The maximum Gasteiger partial charge on any atom is 0.246 e. The number of likely N-dealkylation sites (N-methyl/N-ethyl adjacent to an activating group) is 1. The molecule has 21 heavy (non-hydrogen) atoms. The van der Waals surface area contributed by atoms with Gasteiger partial charge in [-0.05, 0) is 25.0 Å². The molecule has 0 saturated carbocycles. The Morgan fingerprint density at radius 1 is 1.43 bits per heavy atom. The number of hydrogen-bond acceptors (Lipinski definition) is 6. The van der Waals surface area contributed by atoms with Crippen LogP contribution in [0.3, 0.4) is 0 Å². The normalized spacial score (nSPS) is 20.0. The van der Waals surface area contributed by atoms with E-state index in [1.165, 1.54) is 17.4 Å². The third-order valence-corrected chi connectivity index (χ3v) is 6.07. The van der Waals surface area contributed by atoms with Crippen molar-refractivity contribution in [3.05, 3.63) is 18.2 Å². The molecule has 1 amide bonds. The van der Waals surface area contributed by atoms with E-state index in [0.29, 0.717) is 30.4 Å². The van der Waals surface area contributed by atoms with Gasteiger partial charge in [-0.1, -0.05) is 6.07 Å². The number of aromatic nitrogens is 2. The Morgan fingerprint density at radius 2 is 2.24 bits per heavy atom. The summed E-state index contributed by atoms with van der Waals surface area (Å²) in [6.45, 7) is 0.342. The lowest BCUT2D eigenvalue weighted by molar-refractivity contribution is -0.123. The molecule has 9 heteroatoms. The summed E-state index contributed by atoms with van der Waals surface area (Å²) in [5.74, 6) is -0.278. The number of carbonyl (C=O) groups is 1. The van der Waals surface area contributed by atoms with E-state index in [4.69, 9.17) is 0 Å². The number of nitrogens with one attached hydrogen (secondary N) is 1. The standard InChI is InChI=1S/C12H14N4O3S2/c1-13-12(17)9-5-3-7-16(9)21(18,19)10-6-2-4-8-11(10)15-20-14-8/h2,4,6,9H,3,5,7H2,1H3,(H,13,17). The molecule has 2 aromatic rings. The average Bonchev–Trinajstić information content (AvgIpc) is 3.14. The Kier molecular flexibility index (Phi) is 3.64. The van der Waals surface area contributed by atoms with Gasteiger partial charge in [0.2, 0.25) is 15.9 Å². The molecule has 0 aliphatic carbocycles. The van der Waals surface area contributed by atoms with Gasteiger partial charge in [0.1, 0.15) is 22.0 Å². The number of rotatable bonds is 3. The van der Waals surface area contributed by atoms with Crippen molar-refractivity contribution in [1.82, 2.24) is 18.4 Å². The zero-order chi connectivity index (χ0) is 15.0. The smallest absolute Gasteiger partial charge is 0.246 e. The van der Waals surface area contributed by atoms with Gasteiger partial charge >= 0.3 is 0 Å². The molecule has 7 nitrogen and oxygen atoms in total. The van der Waals surface area contributed by atoms with E-state index in [1.54, 1.807) is 12.1 Å². The summed E-state index contributed by atoms with van der Waals surface area (Å²) in [6.07, 6.45) is 1.20. The van der Waals surface area contributed by atoms with Crippen molar-refractivity contribution in [2.45, 2.75) is 23.8 Å². The van der Waals surface area contributed by atoms with Crippen LogP contribution in [0.4, 0.5) is 0 Å². The SMILES string of the molecule is CNC(=O)C1CCCN1S(=O)(=O)c1cccc2nsnc12. The van der Waals surface area contributed by atoms with Gasteiger partial charge in [-0.25, -0.2) is 8.42 Å². The van der Waals surface area contributed by atoms with Crippen LogP contribution in [0.5, 0.6) is 0 Å². The molecule has 0 bridgehead atoms. The number of carbonyl (C=O) groups excluding carboxylic acids is 1. The van der Waals surface area contributed by atoms with Gasteiger partial charge in [-0.15, -0.1) is 0 Å². The van der Waals surface area contributed by atoms with Gasteiger partial charge < -0.3 is 5.32 Å². The number of benzene rings is 1.